The summed E-state index contributed by atoms with van der Waals surface area (Å²) < 4.78 is 22.2. The van der Waals surface area contributed by atoms with E-state index in [2.05, 4.69) is 0 Å². The topological polar surface area (TPSA) is 91.4 Å². The van der Waals surface area contributed by atoms with Gasteiger partial charge in [-0.15, -0.1) is 0 Å². The van der Waals surface area contributed by atoms with Crippen LogP contribution in [0, 0.1) is 16.7 Å². The fraction of sp³-hybridized carbons (Fsp3) is 0.842. The average Bonchev–Trinajstić information content (AvgIpc) is 3.06. The van der Waals surface area contributed by atoms with Crippen LogP contribution in [0.4, 0.5) is 0 Å². The Labute approximate surface area is 152 Å². The highest BCUT2D eigenvalue weighted by molar-refractivity contribution is 5.93. The van der Waals surface area contributed by atoms with Gasteiger partial charge in [-0.05, 0) is 33.6 Å². The molecule has 7 heteroatoms. The highest BCUT2D eigenvalue weighted by Gasteiger charge is 2.77. The molecule has 2 aliphatic carbocycles. The zero-order chi connectivity index (χ0) is 19.1. The third-order valence-corrected chi connectivity index (χ3v) is 7.63. The van der Waals surface area contributed by atoms with Crippen molar-refractivity contribution in [2.45, 2.75) is 77.3 Å². The summed E-state index contributed by atoms with van der Waals surface area (Å²) in [6.45, 7) is 9.53. The molecule has 2 heterocycles. The van der Waals surface area contributed by atoms with Crippen molar-refractivity contribution in [1.82, 2.24) is 0 Å². The number of esters is 3. The van der Waals surface area contributed by atoms with Gasteiger partial charge in [-0.25, -0.2) is 4.79 Å². The van der Waals surface area contributed by atoms with Crippen LogP contribution in [-0.4, -0.2) is 47.9 Å². The first-order chi connectivity index (χ1) is 12.0. The second-order valence-electron chi connectivity index (χ2n) is 8.88. The molecule has 2 saturated heterocycles. The zero-order valence-electron chi connectivity index (χ0n) is 15.9. The monoisotopic (exact) mass is 366 g/mol. The molecule has 0 amide bonds. The lowest BCUT2D eigenvalue weighted by Gasteiger charge is -2.35. The lowest BCUT2D eigenvalue weighted by atomic mass is 9.66. The molecule has 6 atom stereocenters. The molecule has 0 unspecified atom stereocenters. The Morgan fingerprint density at radius 3 is 2.42 bits per heavy atom. The van der Waals surface area contributed by atoms with Gasteiger partial charge in [0.15, 0.2) is 0 Å². The largest absolute Gasteiger partial charge is 0.466 e. The van der Waals surface area contributed by atoms with Gasteiger partial charge in [0.25, 0.3) is 0 Å². The minimum Gasteiger partial charge on any atom is -0.466 e. The van der Waals surface area contributed by atoms with E-state index in [1.54, 1.807) is 6.92 Å². The quantitative estimate of drug-likeness (QED) is 0.425. The SMILES string of the molecule is CCOC(=O)[C@H]1C[C@@H](OC(=O)[C@@]23CC[C@@](C)(C(=O)O2)C3(C)C)[C@H]2O[C@@]12C. The molecule has 144 valence electrons. The lowest BCUT2D eigenvalue weighted by molar-refractivity contribution is -0.188. The van der Waals surface area contributed by atoms with Crippen LogP contribution in [0.3, 0.4) is 0 Å². The Bertz CT molecular complexity index is 700. The molecule has 2 aliphatic heterocycles. The molecule has 0 aromatic heterocycles. The van der Waals surface area contributed by atoms with Crippen LogP contribution in [0.25, 0.3) is 0 Å². The Morgan fingerprint density at radius 2 is 1.88 bits per heavy atom. The maximum atomic E-state index is 13.1. The standard InChI is InChI=1S/C19H26O7/c1-6-23-13(20)10-9-11(12-18(10,5)25-12)24-15(22)19-8-7-17(4,14(21)26-19)16(19,2)3/h10-12H,6-9H2,1-5H3/t10-,11-,12-,17+,18+,19-/m1/s1. The number of carbonyl (C=O) groups is 3. The summed E-state index contributed by atoms with van der Waals surface area (Å²) in [7, 11) is 0. The van der Waals surface area contributed by atoms with Gasteiger partial charge in [0, 0.05) is 11.8 Å². The van der Waals surface area contributed by atoms with Crippen molar-refractivity contribution in [3.05, 3.63) is 0 Å². The predicted molar refractivity (Wildman–Crippen MR) is 87.8 cm³/mol. The fourth-order valence-electron chi connectivity index (χ4n) is 5.17. The molecule has 0 radical (unpaired) electrons. The van der Waals surface area contributed by atoms with Gasteiger partial charge in [0.2, 0.25) is 5.60 Å². The summed E-state index contributed by atoms with van der Waals surface area (Å²) in [6.07, 6.45) is 0.580. The smallest absolute Gasteiger partial charge is 0.351 e. The number of epoxide rings is 1. The van der Waals surface area contributed by atoms with Gasteiger partial charge in [-0.3, -0.25) is 9.59 Å². The molecular weight excluding hydrogens is 340 g/mol. The number of ether oxygens (including phenoxy) is 4. The molecule has 26 heavy (non-hydrogen) atoms. The maximum Gasteiger partial charge on any atom is 0.351 e. The van der Waals surface area contributed by atoms with E-state index in [9.17, 15) is 14.4 Å². The zero-order valence-corrected chi connectivity index (χ0v) is 15.9. The van der Waals surface area contributed by atoms with Crippen molar-refractivity contribution in [3.8, 4) is 0 Å². The second kappa shape index (κ2) is 5.00. The second-order valence-corrected chi connectivity index (χ2v) is 8.88. The van der Waals surface area contributed by atoms with Crippen molar-refractivity contribution in [2.24, 2.45) is 16.7 Å². The van der Waals surface area contributed by atoms with E-state index >= 15 is 0 Å². The Morgan fingerprint density at radius 1 is 1.19 bits per heavy atom. The third-order valence-electron chi connectivity index (χ3n) is 7.63. The van der Waals surface area contributed by atoms with E-state index in [-0.39, 0.29) is 18.0 Å². The maximum absolute atomic E-state index is 13.1. The summed E-state index contributed by atoms with van der Waals surface area (Å²) in [6, 6.07) is 0. The van der Waals surface area contributed by atoms with Crippen LogP contribution in [0.1, 0.15) is 53.9 Å². The fourth-order valence-corrected chi connectivity index (χ4v) is 5.17. The van der Waals surface area contributed by atoms with E-state index in [4.69, 9.17) is 18.9 Å². The van der Waals surface area contributed by atoms with Gasteiger partial charge in [0.05, 0.1) is 17.9 Å². The first kappa shape index (κ1) is 17.8. The van der Waals surface area contributed by atoms with Gasteiger partial charge in [-0.2, -0.15) is 0 Å². The molecule has 4 fully saturated rings. The van der Waals surface area contributed by atoms with Crippen LogP contribution < -0.4 is 0 Å². The number of fused-ring (bicyclic) bond motifs is 3. The van der Waals surface area contributed by atoms with Gasteiger partial charge < -0.3 is 18.9 Å². The number of carbonyl (C=O) groups excluding carboxylic acids is 3. The molecule has 4 aliphatic rings. The molecule has 0 spiro atoms. The van der Waals surface area contributed by atoms with Gasteiger partial charge >= 0.3 is 17.9 Å². The van der Waals surface area contributed by atoms with Crippen molar-refractivity contribution >= 4 is 17.9 Å². The van der Waals surface area contributed by atoms with Crippen LogP contribution >= 0.6 is 0 Å². The molecule has 0 aromatic rings. The molecule has 7 nitrogen and oxygen atoms in total. The molecule has 0 N–H and O–H groups in total. The summed E-state index contributed by atoms with van der Waals surface area (Å²) >= 11 is 0. The average molecular weight is 366 g/mol. The van der Waals surface area contributed by atoms with Crippen LogP contribution in [-0.2, 0) is 33.3 Å². The minimum atomic E-state index is -1.26. The molecule has 2 bridgehead atoms. The van der Waals surface area contributed by atoms with Crippen molar-refractivity contribution < 1.29 is 33.3 Å². The molecular formula is C19H26O7. The van der Waals surface area contributed by atoms with E-state index in [0.29, 0.717) is 25.9 Å². The Balaban J connectivity index is 1.52. The van der Waals surface area contributed by atoms with E-state index < -0.39 is 40.0 Å². The van der Waals surface area contributed by atoms with Gasteiger partial charge in [0.1, 0.15) is 17.8 Å². The number of rotatable bonds is 4. The van der Waals surface area contributed by atoms with Crippen LogP contribution in [0.5, 0.6) is 0 Å². The van der Waals surface area contributed by atoms with Crippen LogP contribution in [0.2, 0.25) is 0 Å². The van der Waals surface area contributed by atoms with E-state index in [1.165, 1.54) is 0 Å². The Kier molecular flexibility index (Phi) is 3.42. The summed E-state index contributed by atoms with van der Waals surface area (Å²) in [5.74, 6) is -1.63. The summed E-state index contributed by atoms with van der Waals surface area (Å²) in [4.78, 5) is 37.6. The van der Waals surface area contributed by atoms with Crippen LogP contribution in [0.15, 0.2) is 0 Å². The molecule has 4 rings (SSSR count). The highest BCUT2D eigenvalue weighted by Crippen LogP contribution is 2.66. The summed E-state index contributed by atoms with van der Waals surface area (Å²) in [5.41, 5.74) is -3.23. The van der Waals surface area contributed by atoms with Gasteiger partial charge in [-0.1, -0.05) is 13.8 Å². The first-order valence-electron chi connectivity index (χ1n) is 9.32. The normalized spacial score (nSPS) is 47.3. The number of hydrogen-bond acceptors (Lipinski definition) is 7. The molecule has 0 aromatic carbocycles. The first-order valence-corrected chi connectivity index (χ1v) is 9.32. The van der Waals surface area contributed by atoms with E-state index in [0.717, 1.165) is 0 Å². The predicted octanol–water partition coefficient (Wildman–Crippen LogP) is 1.76. The van der Waals surface area contributed by atoms with Crippen molar-refractivity contribution in [1.29, 1.82) is 0 Å². The Hall–Kier alpha value is -1.63. The lowest BCUT2D eigenvalue weighted by Crippen LogP contribution is -2.50. The van der Waals surface area contributed by atoms with E-state index in [1.807, 2.05) is 27.7 Å². The third kappa shape index (κ3) is 1.85. The molecule has 2 saturated carbocycles. The highest BCUT2D eigenvalue weighted by atomic mass is 16.7. The minimum absolute atomic E-state index is 0.298. The van der Waals surface area contributed by atoms with Crippen molar-refractivity contribution in [3.63, 3.8) is 0 Å². The summed E-state index contributed by atoms with van der Waals surface area (Å²) in [5, 5.41) is 0. The van der Waals surface area contributed by atoms with Crippen molar-refractivity contribution in [2.75, 3.05) is 6.61 Å². The number of hydrogen-bond donors (Lipinski definition) is 0.